The maximum absolute atomic E-state index is 11.8. The van der Waals surface area contributed by atoms with Crippen LogP contribution in [0.2, 0.25) is 0 Å². The fourth-order valence-corrected chi connectivity index (χ4v) is 4.07. The summed E-state index contributed by atoms with van der Waals surface area (Å²) in [6, 6.07) is 18.9. The fourth-order valence-electron chi connectivity index (χ4n) is 3.44. The van der Waals surface area contributed by atoms with Crippen molar-refractivity contribution in [3.63, 3.8) is 0 Å². The van der Waals surface area contributed by atoms with Crippen molar-refractivity contribution >= 4 is 15.7 Å². The van der Waals surface area contributed by atoms with E-state index in [2.05, 4.69) is 10.6 Å². The molecule has 0 spiro atoms. The molecule has 1 amide bonds. The van der Waals surface area contributed by atoms with E-state index < -0.39 is 16.4 Å². The number of amides is 1. The van der Waals surface area contributed by atoms with Gasteiger partial charge in [0.25, 0.3) is 0 Å². The highest BCUT2D eigenvalue weighted by Gasteiger charge is 2.17. The molecule has 6 nitrogen and oxygen atoms in total. The van der Waals surface area contributed by atoms with Crippen molar-refractivity contribution in [3.05, 3.63) is 71.9 Å². The number of hydrogen-bond donors (Lipinski definition) is 1. The standard InChI is InChI=1S/C23H26N2O4S/c1-17-19(13-14-24(2)23(27)16-26)15-22(25(17)20-7-5-4-6-8-20)18-9-11-21(12-10-18)30(3,28)29/h4-12,15,26H,13-14,16H2,1-3H3. The summed E-state index contributed by atoms with van der Waals surface area (Å²) in [5.74, 6) is -0.313. The number of benzene rings is 2. The first-order valence-electron chi connectivity index (χ1n) is 9.64. The fraction of sp³-hybridized carbons (Fsp3) is 0.261. The molecule has 0 aliphatic carbocycles. The lowest BCUT2D eigenvalue weighted by atomic mass is 10.1. The first-order valence-corrected chi connectivity index (χ1v) is 11.5. The van der Waals surface area contributed by atoms with Crippen molar-refractivity contribution in [2.24, 2.45) is 0 Å². The number of hydrogen-bond acceptors (Lipinski definition) is 4. The normalized spacial score (nSPS) is 11.5. The highest BCUT2D eigenvalue weighted by Crippen LogP contribution is 2.30. The minimum Gasteiger partial charge on any atom is -0.387 e. The molecule has 0 aliphatic rings. The Bertz CT molecular complexity index is 1130. The first kappa shape index (κ1) is 21.8. The van der Waals surface area contributed by atoms with Crippen LogP contribution < -0.4 is 0 Å². The molecule has 1 N–H and O–H groups in total. The van der Waals surface area contributed by atoms with Gasteiger partial charge < -0.3 is 14.6 Å². The van der Waals surface area contributed by atoms with E-state index in [4.69, 9.17) is 5.11 Å². The maximum Gasteiger partial charge on any atom is 0.248 e. The van der Waals surface area contributed by atoms with E-state index in [9.17, 15) is 13.2 Å². The van der Waals surface area contributed by atoms with Crippen LogP contribution >= 0.6 is 0 Å². The number of aromatic nitrogens is 1. The summed E-state index contributed by atoms with van der Waals surface area (Å²) in [6.45, 7) is 2.02. The molecule has 3 aromatic rings. The van der Waals surface area contributed by atoms with E-state index in [0.29, 0.717) is 13.0 Å². The number of sulfone groups is 1. The van der Waals surface area contributed by atoms with Crippen molar-refractivity contribution in [3.8, 4) is 16.9 Å². The number of aliphatic hydroxyl groups is 1. The number of carbonyl (C=O) groups excluding carboxylic acids is 1. The molecule has 0 saturated heterocycles. The SMILES string of the molecule is Cc1c(CCN(C)C(=O)CO)cc(-c2ccc(S(C)(=O)=O)cc2)n1-c1ccccc1. The monoisotopic (exact) mass is 426 g/mol. The molecule has 2 aromatic carbocycles. The van der Waals surface area contributed by atoms with Gasteiger partial charge in [0.1, 0.15) is 6.61 Å². The predicted octanol–water partition coefficient (Wildman–Crippen LogP) is 2.85. The third-order valence-electron chi connectivity index (χ3n) is 5.22. The molecule has 1 aromatic heterocycles. The van der Waals surface area contributed by atoms with Crippen molar-refractivity contribution in [2.75, 3.05) is 26.5 Å². The summed E-state index contributed by atoms with van der Waals surface area (Å²) < 4.78 is 25.7. The van der Waals surface area contributed by atoms with Gasteiger partial charge in [0.2, 0.25) is 5.91 Å². The number of aliphatic hydroxyl groups excluding tert-OH is 1. The molecular formula is C23H26N2O4S. The predicted molar refractivity (Wildman–Crippen MR) is 117 cm³/mol. The Kier molecular flexibility index (Phi) is 6.43. The molecule has 3 rings (SSSR count). The number of rotatable bonds is 7. The van der Waals surface area contributed by atoms with Crippen LogP contribution in [-0.2, 0) is 21.1 Å². The Morgan fingerprint density at radius 2 is 1.70 bits per heavy atom. The second kappa shape index (κ2) is 8.85. The molecular weight excluding hydrogens is 400 g/mol. The molecule has 0 atom stereocenters. The molecule has 0 unspecified atom stereocenters. The van der Waals surface area contributed by atoms with Crippen molar-refractivity contribution < 1.29 is 18.3 Å². The Balaban J connectivity index is 2.04. The number of nitrogens with zero attached hydrogens (tertiary/aromatic N) is 2. The smallest absolute Gasteiger partial charge is 0.248 e. The molecule has 1 heterocycles. The molecule has 0 saturated carbocycles. The summed E-state index contributed by atoms with van der Waals surface area (Å²) in [6.07, 6.45) is 1.84. The van der Waals surface area contributed by atoms with Gasteiger partial charge in [0, 0.05) is 31.2 Å². The minimum atomic E-state index is -3.26. The minimum absolute atomic E-state index is 0.283. The third kappa shape index (κ3) is 4.63. The van der Waals surface area contributed by atoms with Crippen LogP contribution in [0.3, 0.4) is 0 Å². The summed E-state index contributed by atoms with van der Waals surface area (Å²) in [7, 11) is -1.59. The van der Waals surface area contributed by atoms with Crippen LogP contribution in [0.5, 0.6) is 0 Å². The zero-order chi connectivity index (χ0) is 21.9. The highest BCUT2D eigenvalue weighted by molar-refractivity contribution is 7.90. The molecule has 0 bridgehead atoms. The lowest BCUT2D eigenvalue weighted by Gasteiger charge is -2.16. The van der Waals surface area contributed by atoms with Gasteiger partial charge >= 0.3 is 0 Å². The van der Waals surface area contributed by atoms with Gasteiger partial charge in [-0.3, -0.25) is 4.79 Å². The van der Waals surface area contributed by atoms with Crippen molar-refractivity contribution in [1.29, 1.82) is 0 Å². The average Bonchev–Trinajstić information content (AvgIpc) is 3.07. The third-order valence-corrected chi connectivity index (χ3v) is 6.35. The topological polar surface area (TPSA) is 79.6 Å². The largest absolute Gasteiger partial charge is 0.387 e. The zero-order valence-corrected chi connectivity index (χ0v) is 18.2. The van der Waals surface area contributed by atoms with Crippen LogP contribution in [0.4, 0.5) is 0 Å². The van der Waals surface area contributed by atoms with E-state index in [-0.39, 0.29) is 10.8 Å². The molecule has 30 heavy (non-hydrogen) atoms. The summed E-state index contributed by atoms with van der Waals surface area (Å²) in [4.78, 5) is 13.5. The van der Waals surface area contributed by atoms with E-state index in [1.54, 1.807) is 19.2 Å². The Hall–Kier alpha value is -2.90. The van der Waals surface area contributed by atoms with E-state index in [1.165, 1.54) is 11.2 Å². The van der Waals surface area contributed by atoms with Gasteiger partial charge in [-0.15, -0.1) is 0 Å². The Morgan fingerprint density at radius 3 is 2.27 bits per heavy atom. The van der Waals surface area contributed by atoms with Gasteiger partial charge in [-0.25, -0.2) is 8.42 Å². The van der Waals surface area contributed by atoms with E-state index >= 15 is 0 Å². The van der Waals surface area contributed by atoms with E-state index in [0.717, 1.165) is 28.2 Å². The Morgan fingerprint density at radius 1 is 1.07 bits per heavy atom. The second-order valence-electron chi connectivity index (χ2n) is 7.33. The average molecular weight is 427 g/mol. The molecule has 158 valence electrons. The zero-order valence-electron chi connectivity index (χ0n) is 17.4. The summed E-state index contributed by atoms with van der Waals surface area (Å²) >= 11 is 0. The van der Waals surface area contributed by atoms with Crippen LogP contribution in [0.15, 0.2) is 65.6 Å². The molecule has 0 aliphatic heterocycles. The van der Waals surface area contributed by atoms with Gasteiger partial charge in [-0.2, -0.15) is 0 Å². The highest BCUT2D eigenvalue weighted by atomic mass is 32.2. The van der Waals surface area contributed by atoms with Crippen LogP contribution in [0.25, 0.3) is 16.9 Å². The lowest BCUT2D eigenvalue weighted by Crippen LogP contribution is -2.31. The van der Waals surface area contributed by atoms with E-state index in [1.807, 2.05) is 49.4 Å². The quantitative estimate of drug-likeness (QED) is 0.630. The van der Waals surface area contributed by atoms with Gasteiger partial charge in [0.05, 0.1) is 10.6 Å². The van der Waals surface area contributed by atoms with Gasteiger partial charge in [-0.05, 0) is 54.8 Å². The Labute approximate surface area is 177 Å². The van der Waals surface area contributed by atoms with Crippen LogP contribution in [0.1, 0.15) is 11.3 Å². The van der Waals surface area contributed by atoms with Gasteiger partial charge in [-0.1, -0.05) is 30.3 Å². The van der Waals surface area contributed by atoms with Crippen molar-refractivity contribution in [2.45, 2.75) is 18.2 Å². The second-order valence-corrected chi connectivity index (χ2v) is 9.35. The number of carbonyl (C=O) groups is 1. The van der Waals surface area contributed by atoms with Crippen LogP contribution in [-0.4, -0.2) is 55.4 Å². The number of para-hydroxylation sites is 1. The molecule has 7 heteroatoms. The number of likely N-dealkylation sites (N-methyl/N-ethyl adjacent to an activating group) is 1. The lowest BCUT2D eigenvalue weighted by molar-refractivity contribution is -0.132. The summed E-state index contributed by atoms with van der Waals surface area (Å²) in [5.41, 5.74) is 4.99. The maximum atomic E-state index is 11.8. The molecule has 0 radical (unpaired) electrons. The summed E-state index contributed by atoms with van der Waals surface area (Å²) in [5, 5.41) is 9.04. The first-order chi connectivity index (χ1) is 14.2. The van der Waals surface area contributed by atoms with Gasteiger partial charge in [0.15, 0.2) is 9.84 Å². The van der Waals surface area contributed by atoms with Crippen LogP contribution in [0, 0.1) is 6.92 Å². The van der Waals surface area contributed by atoms with Crippen molar-refractivity contribution in [1.82, 2.24) is 9.47 Å². The molecule has 0 fully saturated rings.